The highest BCUT2D eigenvalue weighted by molar-refractivity contribution is 9.10. The van der Waals surface area contributed by atoms with E-state index in [1.54, 1.807) is 26.0 Å². The van der Waals surface area contributed by atoms with Gasteiger partial charge in [0.2, 0.25) is 0 Å². The van der Waals surface area contributed by atoms with E-state index in [1.165, 1.54) is 0 Å². The third-order valence-corrected chi connectivity index (χ3v) is 3.55. The van der Waals surface area contributed by atoms with Crippen LogP contribution in [-0.2, 0) is 0 Å². The fourth-order valence-electron chi connectivity index (χ4n) is 1.86. The second kappa shape index (κ2) is 5.35. The maximum atomic E-state index is 12.4. The summed E-state index contributed by atoms with van der Waals surface area (Å²) in [7, 11) is 0. The van der Waals surface area contributed by atoms with Crippen molar-refractivity contribution in [2.45, 2.75) is 19.9 Å². The lowest BCUT2D eigenvalue weighted by Crippen LogP contribution is -2.37. The van der Waals surface area contributed by atoms with Crippen molar-refractivity contribution in [2.75, 3.05) is 0 Å². The van der Waals surface area contributed by atoms with Gasteiger partial charge in [0.15, 0.2) is 0 Å². The van der Waals surface area contributed by atoms with Crippen molar-refractivity contribution >= 4 is 27.5 Å². The van der Waals surface area contributed by atoms with E-state index in [1.807, 2.05) is 12.1 Å². The van der Waals surface area contributed by atoms with Crippen LogP contribution in [0.15, 0.2) is 38.3 Å². The molecular formula is C13H12BrClN2O2. The van der Waals surface area contributed by atoms with Crippen molar-refractivity contribution in [2.24, 2.45) is 0 Å². The molecule has 0 radical (unpaired) electrons. The predicted molar refractivity (Wildman–Crippen MR) is 79.9 cm³/mol. The first-order valence-corrected chi connectivity index (χ1v) is 6.89. The van der Waals surface area contributed by atoms with Crippen LogP contribution in [0.2, 0.25) is 5.15 Å². The number of hydrogen-bond acceptors (Lipinski definition) is 2. The van der Waals surface area contributed by atoms with Crippen LogP contribution in [-0.4, -0.2) is 9.55 Å². The highest BCUT2D eigenvalue weighted by Crippen LogP contribution is 2.23. The summed E-state index contributed by atoms with van der Waals surface area (Å²) in [5.74, 6) is 0. The Kier molecular flexibility index (Phi) is 3.96. The molecule has 0 fully saturated rings. The van der Waals surface area contributed by atoms with Gasteiger partial charge in [0.1, 0.15) is 5.15 Å². The SMILES string of the molecule is CC(C)n1c(=O)[nH]c(Cl)c(-c2ccc(Br)cc2)c1=O. The monoisotopic (exact) mass is 342 g/mol. The van der Waals surface area contributed by atoms with Gasteiger partial charge in [-0.25, -0.2) is 4.79 Å². The molecule has 4 nitrogen and oxygen atoms in total. The van der Waals surface area contributed by atoms with Crippen LogP contribution in [0.3, 0.4) is 0 Å². The van der Waals surface area contributed by atoms with Gasteiger partial charge in [0.25, 0.3) is 5.56 Å². The molecule has 0 atom stereocenters. The molecule has 0 spiro atoms. The molecule has 1 heterocycles. The number of halogens is 2. The van der Waals surface area contributed by atoms with Gasteiger partial charge in [-0.15, -0.1) is 0 Å². The first-order valence-electron chi connectivity index (χ1n) is 5.72. The van der Waals surface area contributed by atoms with Crippen molar-refractivity contribution in [3.8, 4) is 11.1 Å². The molecule has 6 heteroatoms. The molecule has 0 aliphatic carbocycles. The molecule has 2 aromatic rings. The Balaban J connectivity index is 2.77. The molecule has 0 unspecified atom stereocenters. The topological polar surface area (TPSA) is 54.9 Å². The fraction of sp³-hybridized carbons (Fsp3) is 0.231. The number of benzene rings is 1. The minimum atomic E-state index is -0.495. The van der Waals surface area contributed by atoms with E-state index >= 15 is 0 Å². The molecule has 0 bridgehead atoms. The van der Waals surface area contributed by atoms with E-state index in [0.29, 0.717) is 11.1 Å². The third kappa shape index (κ3) is 2.67. The van der Waals surface area contributed by atoms with Gasteiger partial charge in [0.05, 0.1) is 5.56 Å². The first-order chi connectivity index (χ1) is 8.91. The average molecular weight is 344 g/mol. The Labute approximate surface area is 123 Å². The van der Waals surface area contributed by atoms with E-state index in [0.717, 1.165) is 9.04 Å². The van der Waals surface area contributed by atoms with Gasteiger partial charge in [0, 0.05) is 10.5 Å². The smallest absolute Gasteiger partial charge is 0.297 e. The Morgan fingerprint density at radius 2 is 1.79 bits per heavy atom. The summed E-state index contributed by atoms with van der Waals surface area (Å²) in [6.45, 7) is 3.55. The van der Waals surface area contributed by atoms with Gasteiger partial charge < -0.3 is 0 Å². The largest absolute Gasteiger partial charge is 0.329 e. The summed E-state index contributed by atoms with van der Waals surface area (Å²) < 4.78 is 2.06. The zero-order valence-corrected chi connectivity index (χ0v) is 12.7. The minimum Gasteiger partial charge on any atom is -0.297 e. The number of H-pyrrole nitrogens is 1. The molecule has 19 heavy (non-hydrogen) atoms. The van der Waals surface area contributed by atoms with Crippen molar-refractivity contribution < 1.29 is 0 Å². The van der Waals surface area contributed by atoms with Crippen LogP contribution in [0.5, 0.6) is 0 Å². The second-order valence-electron chi connectivity index (χ2n) is 4.39. The van der Waals surface area contributed by atoms with Crippen molar-refractivity contribution in [1.29, 1.82) is 0 Å². The Hall–Kier alpha value is -1.33. The van der Waals surface area contributed by atoms with Crippen LogP contribution < -0.4 is 11.2 Å². The van der Waals surface area contributed by atoms with Crippen LogP contribution in [0.25, 0.3) is 11.1 Å². The molecule has 1 aromatic carbocycles. The zero-order chi connectivity index (χ0) is 14.2. The Morgan fingerprint density at radius 3 is 2.32 bits per heavy atom. The maximum Gasteiger partial charge on any atom is 0.329 e. The lowest BCUT2D eigenvalue weighted by molar-refractivity contribution is 0.547. The number of aromatic nitrogens is 2. The third-order valence-electron chi connectivity index (χ3n) is 2.74. The Bertz CT molecular complexity index is 717. The van der Waals surface area contributed by atoms with Gasteiger partial charge in [-0.05, 0) is 31.5 Å². The Morgan fingerprint density at radius 1 is 1.21 bits per heavy atom. The number of hydrogen-bond donors (Lipinski definition) is 1. The van der Waals surface area contributed by atoms with E-state index in [9.17, 15) is 9.59 Å². The number of nitrogens with one attached hydrogen (secondary N) is 1. The summed E-state index contributed by atoms with van der Waals surface area (Å²) in [6, 6.07) is 6.94. The summed E-state index contributed by atoms with van der Waals surface area (Å²) in [4.78, 5) is 26.6. The number of rotatable bonds is 2. The number of nitrogens with zero attached hydrogens (tertiary/aromatic N) is 1. The van der Waals surface area contributed by atoms with E-state index < -0.39 is 5.69 Å². The van der Waals surface area contributed by atoms with Crippen molar-refractivity contribution in [1.82, 2.24) is 9.55 Å². The quantitative estimate of drug-likeness (QED) is 0.851. The summed E-state index contributed by atoms with van der Waals surface area (Å²) >= 11 is 9.34. The van der Waals surface area contributed by atoms with Gasteiger partial charge in [-0.1, -0.05) is 39.7 Å². The van der Waals surface area contributed by atoms with Crippen molar-refractivity contribution in [3.63, 3.8) is 0 Å². The highest BCUT2D eigenvalue weighted by atomic mass is 79.9. The molecule has 1 aromatic heterocycles. The molecular weight excluding hydrogens is 332 g/mol. The molecule has 100 valence electrons. The molecule has 2 rings (SSSR count). The molecule has 1 N–H and O–H groups in total. The van der Waals surface area contributed by atoms with E-state index in [2.05, 4.69) is 20.9 Å². The fourth-order valence-corrected chi connectivity index (χ4v) is 2.39. The van der Waals surface area contributed by atoms with Crippen LogP contribution in [0, 0.1) is 0 Å². The second-order valence-corrected chi connectivity index (χ2v) is 5.69. The first kappa shape index (κ1) is 14.1. The van der Waals surface area contributed by atoms with E-state index in [4.69, 9.17) is 11.6 Å². The summed E-state index contributed by atoms with van der Waals surface area (Å²) in [5, 5.41) is 0.0641. The van der Waals surface area contributed by atoms with Crippen molar-refractivity contribution in [3.05, 3.63) is 54.7 Å². The molecule has 0 saturated heterocycles. The van der Waals surface area contributed by atoms with Gasteiger partial charge in [-0.3, -0.25) is 14.3 Å². The van der Waals surface area contributed by atoms with Crippen LogP contribution in [0.4, 0.5) is 0 Å². The summed E-state index contributed by atoms with van der Waals surface area (Å²) in [5.41, 5.74) is 0.100. The molecule has 0 saturated carbocycles. The average Bonchev–Trinajstić information content (AvgIpc) is 2.30. The maximum absolute atomic E-state index is 12.4. The van der Waals surface area contributed by atoms with Crippen LogP contribution in [0.1, 0.15) is 19.9 Å². The summed E-state index contributed by atoms with van der Waals surface area (Å²) in [6.07, 6.45) is 0. The minimum absolute atomic E-state index is 0.0641. The molecule has 0 amide bonds. The van der Waals surface area contributed by atoms with Crippen LogP contribution >= 0.6 is 27.5 Å². The lowest BCUT2D eigenvalue weighted by atomic mass is 10.1. The zero-order valence-electron chi connectivity index (χ0n) is 10.4. The standard InChI is InChI=1S/C13H12BrClN2O2/c1-7(2)17-12(18)10(11(15)16-13(17)19)8-3-5-9(14)6-4-8/h3-7H,1-2H3,(H,16,19). The predicted octanol–water partition coefficient (Wildman–Crippen LogP) is 3.20. The highest BCUT2D eigenvalue weighted by Gasteiger charge is 2.16. The molecule has 0 aliphatic rings. The normalized spacial score (nSPS) is 11.0. The van der Waals surface area contributed by atoms with E-state index in [-0.39, 0.29) is 16.8 Å². The van der Waals surface area contributed by atoms with Gasteiger partial charge in [-0.2, -0.15) is 0 Å². The molecule has 0 aliphatic heterocycles. The van der Waals surface area contributed by atoms with Gasteiger partial charge >= 0.3 is 5.69 Å². The lowest BCUT2D eigenvalue weighted by Gasteiger charge is -2.11. The number of aromatic amines is 1.